The third kappa shape index (κ3) is 8.54. The quantitative estimate of drug-likeness (QED) is 0.550. The van der Waals surface area contributed by atoms with Gasteiger partial charge in [0.25, 0.3) is 0 Å². The Balaban J connectivity index is 4.34. The van der Waals surface area contributed by atoms with E-state index >= 15 is 0 Å². The van der Waals surface area contributed by atoms with Gasteiger partial charge in [0.2, 0.25) is 5.91 Å². The summed E-state index contributed by atoms with van der Waals surface area (Å²) in [4.78, 5) is 17.2. The lowest BCUT2D eigenvalue weighted by Gasteiger charge is -2.17. The number of hydrogen-bond acceptors (Lipinski definition) is 2. The monoisotopic (exact) mass is 242 g/mol. The summed E-state index contributed by atoms with van der Waals surface area (Å²) in [6, 6.07) is 0.294. The summed E-state index contributed by atoms with van der Waals surface area (Å²) in [7, 11) is 3.46. The Morgan fingerprint density at radius 3 is 2.24 bits per heavy atom. The maximum absolute atomic E-state index is 11.4. The van der Waals surface area contributed by atoms with Crippen molar-refractivity contribution in [1.29, 1.82) is 0 Å². The van der Waals surface area contributed by atoms with Gasteiger partial charge < -0.3 is 15.5 Å². The Morgan fingerprint density at radius 1 is 1.24 bits per heavy atom. The number of rotatable bonds is 5. The summed E-state index contributed by atoms with van der Waals surface area (Å²) in [5.74, 6) is 1.24. The maximum Gasteiger partial charge on any atom is 0.243 e. The number of amides is 1. The molecule has 0 saturated carbocycles. The van der Waals surface area contributed by atoms with Gasteiger partial charge in [0.1, 0.15) is 6.54 Å². The van der Waals surface area contributed by atoms with E-state index in [9.17, 15) is 4.79 Å². The molecular formula is C12H26N4O. The van der Waals surface area contributed by atoms with Gasteiger partial charge in [0.15, 0.2) is 5.96 Å². The molecule has 0 saturated heterocycles. The average Bonchev–Trinajstić information content (AvgIpc) is 2.20. The van der Waals surface area contributed by atoms with E-state index in [1.165, 1.54) is 0 Å². The molecule has 0 aromatic heterocycles. The van der Waals surface area contributed by atoms with Gasteiger partial charge >= 0.3 is 0 Å². The minimum absolute atomic E-state index is 0.000553. The molecule has 2 N–H and O–H groups in total. The smallest absolute Gasteiger partial charge is 0.243 e. The zero-order valence-corrected chi connectivity index (χ0v) is 11.9. The number of nitrogens with zero attached hydrogens (tertiary/aromatic N) is 2. The Kier molecular flexibility index (Phi) is 7.34. The molecule has 100 valence electrons. The second-order valence-corrected chi connectivity index (χ2v) is 5.03. The van der Waals surface area contributed by atoms with E-state index in [4.69, 9.17) is 0 Å². The molecule has 0 aromatic rings. The third-order valence-corrected chi connectivity index (χ3v) is 1.97. The van der Waals surface area contributed by atoms with E-state index in [2.05, 4.69) is 29.5 Å². The third-order valence-electron chi connectivity index (χ3n) is 1.97. The minimum atomic E-state index is -0.000553. The van der Waals surface area contributed by atoms with Crippen LogP contribution in [0.5, 0.6) is 0 Å². The van der Waals surface area contributed by atoms with Crippen LogP contribution < -0.4 is 10.6 Å². The Bertz CT molecular complexity index is 259. The van der Waals surface area contributed by atoms with Gasteiger partial charge in [-0.2, -0.15) is 0 Å². The first kappa shape index (κ1) is 15.7. The highest BCUT2D eigenvalue weighted by molar-refractivity contribution is 5.84. The van der Waals surface area contributed by atoms with Crippen molar-refractivity contribution >= 4 is 11.9 Å². The Hall–Kier alpha value is -1.26. The van der Waals surface area contributed by atoms with Gasteiger partial charge in [0, 0.05) is 26.7 Å². The molecule has 0 fully saturated rings. The zero-order valence-electron chi connectivity index (χ0n) is 11.9. The number of carbonyl (C=O) groups is 1. The van der Waals surface area contributed by atoms with E-state index in [0.717, 1.165) is 6.54 Å². The summed E-state index contributed by atoms with van der Waals surface area (Å²) < 4.78 is 0. The molecule has 5 heteroatoms. The van der Waals surface area contributed by atoms with Gasteiger partial charge in [-0.05, 0) is 19.8 Å². The second-order valence-electron chi connectivity index (χ2n) is 5.03. The second kappa shape index (κ2) is 7.92. The molecule has 17 heavy (non-hydrogen) atoms. The van der Waals surface area contributed by atoms with E-state index in [1.54, 1.807) is 19.0 Å². The molecule has 0 heterocycles. The van der Waals surface area contributed by atoms with Crippen LogP contribution in [0.25, 0.3) is 0 Å². The fraction of sp³-hybridized carbons (Fsp3) is 0.833. The lowest BCUT2D eigenvalue weighted by Crippen LogP contribution is -2.43. The van der Waals surface area contributed by atoms with Crippen LogP contribution in [0.3, 0.4) is 0 Å². The minimum Gasteiger partial charge on any atom is -0.356 e. The van der Waals surface area contributed by atoms with Gasteiger partial charge in [0.05, 0.1) is 0 Å². The fourth-order valence-electron chi connectivity index (χ4n) is 1.01. The number of likely N-dealkylation sites (N-methyl/N-ethyl adjacent to an activating group) is 1. The predicted molar refractivity (Wildman–Crippen MR) is 72.1 cm³/mol. The van der Waals surface area contributed by atoms with E-state index in [-0.39, 0.29) is 12.5 Å². The first-order valence-corrected chi connectivity index (χ1v) is 6.08. The number of guanidine groups is 1. The zero-order chi connectivity index (χ0) is 13.4. The fourth-order valence-corrected chi connectivity index (χ4v) is 1.01. The molecule has 0 aromatic carbocycles. The molecular weight excluding hydrogens is 216 g/mol. The standard InChI is InChI=1S/C12H26N4O/c1-9(2)7-13-12(15-10(3)4)14-8-11(17)16(5)6/h9-10H,7-8H2,1-6H3,(H2,13,14,15). The largest absolute Gasteiger partial charge is 0.356 e. The van der Waals surface area contributed by atoms with Crippen molar-refractivity contribution < 1.29 is 4.79 Å². The van der Waals surface area contributed by atoms with E-state index in [1.807, 2.05) is 13.8 Å². The predicted octanol–water partition coefficient (Wildman–Crippen LogP) is 0.674. The van der Waals surface area contributed by atoms with E-state index in [0.29, 0.717) is 17.9 Å². The van der Waals surface area contributed by atoms with Crippen LogP contribution in [0, 0.1) is 5.92 Å². The molecule has 5 nitrogen and oxygen atoms in total. The molecule has 0 unspecified atom stereocenters. The van der Waals surface area contributed by atoms with Gasteiger partial charge in [-0.25, -0.2) is 4.99 Å². The lowest BCUT2D eigenvalue weighted by molar-refractivity contribution is -0.127. The van der Waals surface area contributed by atoms with Gasteiger partial charge in [-0.1, -0.05) is 13.8 Å². The lowest BCUT2D eigenvalue weighted by atomic mass is 10.2. The number of aliphatic imine (C=N–C) groups is 1. The molecule has 0 aliphatic carbocycles. The van der Waals surface area contributed by atoms with Crippen LogP contribution in [0.1, 0.15) is 27.7 Å². The number of nitrogens with one attached hydrogen (secondary N) is 2. The highest BCUT2D eigenvalue weighted by Crippen LogP contribution is 1.89. The number of carbonyl (C=O) groups excluding carboxylic acids is 1. The molecule has 0 spiro atoms. The normalized spacial score (nSPS) is 11.9. The van der Waals surface area contributed by atoms with Crippen LogP contribution >= 0.6 is 0 Å². The van der Waals surface area contributed by atoms with Gasteiger partial charge in [-0.3, -0.25) is 4.79 Å². The first-order valence-electron chi connectivity index (χ1n) is 6.08. The Labute approximate surface area is 105 Å². The van der Waals surface area contributed by atoms with Crippen molar-refractivity contribution in [3.05, 3.63) is 0 Å². The topological polar surface area (TPSA) is 56.7 Å². The van der Waals surface area contributed by atoms with Crippen LogP contribution in [-0.4, -0.2) is 50.0 Å². The molecule has 0 bridgehead atoms. The van der Waals surface area contributed by atoms with Crippen molar-refractivity contribution in [3.63, 3.8) is 0 Å². The molecule has 0 aliphatic heterocycles. The van der Waals surface area contributed by atoms with Crippen molar-refractivity contribution in [1.82, 2.24) is 15.5 Å². The van der Waals surface area contributed by atoms with Crippen molar-refractivity contribution in [2.75, 3.05) is 27.2 Å². The van der Waals surface area contributed by atoms with Crippen LogP contribution in [0.4, 0.5) is 0 Å². The van der Waals surface area contributed by atoms with Crippen LogP contribution in [0.15, 0.2) is 4.99 Å². The SMILES string of the molecule is CC(C)CNC(=NCC(=O)N(C)C)NC(C)C. The molecule has 1 amide bonds. The van der Waals surface area contributed by atoms with E-state index < -0.39 is 0 Å². The highest BCUT2D eigenvalue weighted by atomic mass is 16.2. The van der Waals surface area contributed by atoms with Gasteiger partial charge in [-0.15, -0.1) is 0 Å². The van der Waals surface area contributed by atoms with Crippen molar-refractivity contribution in [2.24, 2.45) is 10.9 Å². The summed E-state index contributed by atoms with van der Waals surface area (Å²) >= 11 is 0. The summed E-state index contributed by atoms with van der Waals surface area (Å²) in [6.07, 6.45) is 0. The Morgan fingerprint density at radius 2 is 1.82 bits per heavy atom. The molecule has 0 radical (unpaired) electrons. The van der Waals surface area contributed by atoms with Crippen LogP contribution in [-0.2, 0) is 4.79 Å². The molecule has 0 atom stereocenters. The van der Waals surface area contributed by atoms with Crippen LogP contribution in [0.2, 0.25) is 0 Å². The number of hydrogen-bond donors (Lipinski definition) is 2. The maximum atomic E-state index is 11.4. The average molecular weight is 242 g/mol. The summed E-state index contributed by atoms with van der Waals surface area (Å²) in [5, 5.41) is 6.41. The first-order chi connectivity index (χ1) is 7.82. The highest BCUT2D eigenvalue weighted by Gasteiger charge is 2.05. The molecule has 0 rings (SSSR count). The molecule has 0 aliphatic rings. The summed E-state index contributed by atoms with van der Waals surface area (Å²) in [6.45, 7) is 9.36. The summed E-state index contributed by atoms with van der Waals surface area (Å²) in [5.41, 5.74) is 0. The van der Waals surface area contributed by atoms with Crippen molar-refractivity contribution in [3.8, 4) is 0 Å². The van der Waals surface area contributed by atoms with Crippen molar-refractivity contribution in [2.45, 2.75) is 33.7 Å².